The van der Waals surface area contributed by atoms with E-state index in [2.05, 4.69) is 25.9 Å². The molecule has 2 amide bonds. The first-order valence-corrected chi connectivity index (χ1v) is 12.8. The van der Waals surface area contributed by atoms with Crippen LogP contribution in [0.3, 0.4) is 0 Å². The lowest BCUT2D eigenvalue weighted by molar-refractivity contribution is 0.00817. The predicted octanol–water partition coefficient (Wildman–Crippen LogP) is 6.75. The molecule has 1 aromatic carbocycles. The van der Waals surface area contributed by atoms with Crippen LogP contribution in [0, 0.1) is 0 Å². The van der Waals surface area contributed by atoms with Crippen LogP contribution in [0.1, 0.15) is 71.6 Å². The number of ether oxygens (including phenoxy) is 3. The average Bonchev–Trinajstić information content (AvgIpc) is 2.79. The molecule has 1 aromatic heterocycles. The number of fused-ring (bicyclic) bond motifs is 2. The van der Waals surface area contributed by atoms with Gasteiger partial charge < -0.3 is 19.1 Å². The Balaban J connectivity index is 1.74. The minimum atomic E-state index is -0.746. The molecule has 194 valence electrons. The smallest absolute Gasteiger partial charge is 0.420 e. The third-order valence-corrected chi connectivity index (χ3v) is 6.49. The van der Waals surface area contributed by atoms with Crippen molar-refractivity contribution < 1.29 is 23.8 Å². The molecule has 1 fully saturated rings. The summed E-state index contributed by atoms with van der Waals surface area (Å²) in [5, 5.41) is 0.192. The number of halogens is 2. The van der Waals surface area contributed by atoms with Gasteiger partial charge in [-0.3, -0.25) is 0 Å². The van der Waals surface area contributed by atoms with Gasteiger partial charge in [-0.25, -0.2) is 24.5 Å². The van der Waals surface area contributed by atoms with E-state index >= 15 is 0 Å². The Morgan fingerprint density at radius 3 is 2.28 bits per heavy atom. The van der Waals surface area contributed by atoms with Gasteiger partial charge in [-0.1, -0.05) is 11.6 Å². The monoisotopic (exact) mass is 580 g/mol. The highest BCUT2D eigenvalue weighted by molar-refractivity contribution is 9.10. The molecule has 0 bridgehead atoms. The molecule has 0 aliphatic carbocycles. The Labute approximate surface area is 224 Å². The number of likely N-dealkylation sites (tertiary alicyclic amines) is 1. The zero-order valence-corrected chi connectivity index (χ0v) is 23.7. The van der Waals surface area contributed by atoms with Crippen LogP contribution in [-0.4, -0.2) is 51.3 Å². The van der Waals surface area contributed by atoms with E-state index < -0.39 is 23.4 Å². The lowest BCUT2D eigenvalue weighted by Crippen LogP contribution is -2.50. The fourth-order valence-electron chi connectivity index (χ4n) is 4.02. The van der Waals surface area contributed by atoms with Crippen molar-refractivity contribution in [2.45, 2.75) is 71.7 Å². The maximum absolute atomic E-state index is 13.5. The van der Waals surface area contributed by atoms with E-state index in [1.54, 1.807) is 25.7 Å². The molecule has 2 aromatic rings. The summed E-state index contributed by atoms with van der Waals surface area (Å²) in [5.74, 6) is 0.798. The lowest BCUT2D eigenvalue weighted by Gasteiger charge is -2.40. The summed E-state index contributed by atoms with van der Waals surface area (Å²) in [4.78, 5) is 37.5. The first-order chi connectivity index (χ1) is 16.6. The van der Waals surface area contributed by atoms with E-state index in [0.29, 0.717) is 40.4 Å². The number of hydrogen-bond acceptors (Lipinski definition) is 7. The molecule has 0 radical (unpaired) electrons. The molecular weight excluding hydrogens is 552 g/mol. The van der Waals surface area contributed by atoms with Crippen molar-refractivity contribution in [3.63, 3.8) is 0 Å². The number of hydrogen-bond donors (Lipinski definition) is 0. The molecule has 0 spiro atoms. The number of aromatic nitrogens is 2. The van der Waals surface area contributed by atoms with Crippen LogP contribution < -0.4 is 9.64 Å². The highest BCUT2D eigenvalue weighted by atomic mass is 79.9. The summed E-state index contributed by atoms with van der Waals surface area (Å²) in [6.45, 7) is 13.7. The van der Waals surface area contributed by atoms with E-state index in [1.165, 1.54) is 11.2 Å². The Morgan fingerprint density at radius 2 is 1.67 bits per heavy atom. The van der Waals surface area contributed by atoms with Crippen LogP contribution >= 0.6 is 27.5 Å². The van der Waals surface area contributed by atoms with Crippen LogP contribution in [0.2, 0.25) is 5.15 Å². The number of anilines is 2. The van der Waals surface area contributed by atoms with Crippen molar-refractivity contribution in [2.75, 3.05) is 18.0 Å². The van der Waals surface area contributed by atoms with E-state index in [1.807, 2.05) is 39.8 Å². The van der Waals surface area contributed by atoms with Gasteiger partial charge in [0.05, 0.1) is 15.7 Å². The highest BCUT2D eigenvalue weighted by Crippen LogP contribution is 2.49. The standard InChI is InChI=1S/C25H30BrClN4O5/c1-13-18-20(27)28-12-29-21(18)31(23(33)36-25(5,6)7)17-9-14(8-16(26)19(17)34-13)15-10-30(11-15)22(32)35-24(2,3)4/h8-9,12-13,15H,10-11H2,1-7H3. The quantitative estimate of drug-likeness (QED) is 0.344. The number of benzene rings is 1. The summed E-state index contributed by atoms with van der Waals surface area (Å²) in [6, 6.07) is 3.82. The first-order valence-electron chi connectivity index (χ1n) is 11.7. The Morgan fingerprint density at radius 1 is 1.06 bits per heavy atom. The lowest BCUT2D eigenvalue weighted by atomic mass is 9.91. The van der Waals surface area contributed by atoms with Crippen LogP contribution in [0.4, 0.5) is 21.1 Å². The van der Waals surface area contributed by atoms with Gasteiger partial charge in [-0.05, 0) is 82.1 Å². The number of amides is 2. The average molecular weight is 582 g/mol. The van der Waals surface area contributed by atoms with Crippen LogP contribution in [0.25, 0.3) is 0 Å². The first kappa shape index (κ1) is 26.5. The van der Waals surface area contributed by atoms with Crippen molar-refractivity contribution in [3.05, 3.63) is 39.2 Å². The minimum Gasteiger partial charge on any atom is -0.482 e. The molecule has 2 aliphatic heterocycles. The molecule has 4 rings (SSSR count). The predicted molar refractivity (Wildman–Crippen MR) is 139 cm³/mol. The second-order valence-electron chi connectivity index (χ2n) is 10.9. The second kappa shape index (κ2) is 9.37. The number of carbonyl (C=O) groups excluding carboxylic acids is 2. The van der Waals surface area contributed by atoms with Crippen LogP contribution in [0.15, 0.2) is 22.9 Å². The zero-order valence-electron chi connectivity index (χ0n) is 21.4. The molecule has 1 unspecified atom stereocenters. The maximum atomic E-state index is 13.5. The van der Waals surface area contributed by atoms with E-state index in [-0.39, 0.29) is 17.2 Å². The number of carbonyl (C=O) groups is 2. The zero-order chi connectivity index (χ0) is 26.6. The van der Waals surface area contributed by atoms with Gasteiger partial charge in [0, 0.05) is 19.0 Å². The summed E-state index contributed by atoms with van der Waals surface area (Å²) in [7, 11) is 0. The highest BCUT2D eigenvalue weighted by Gasteiger charge is 2.39. The SMILES string of the molecule is CC1Oc2c(Br)cc(C3CN(C(=O)OC(C)(C)C)C3)cc2N(C(=O)OC(C)(C)C)c2ncnc(Cl)c21. The van der Waals surface area contributed by atoms with Crippen molar-refractivity contribution in [1.29, 1.82) is 0 Å². The molecule has 36 heavy (non-hydrogen) atoms. The van der Waals surface area contributed by atoms with Crippen molar-refractivity contribution >= 4 is 51.2 Å². The molecule has 2 aliphatic rings. The second-order valence-corrected chi connectivity index (χ2v) is 12.1. The van der Waals surface area contributed by atoms with E-state index in [0.717, 1.165) is 5.56 Å². The normalized spacial score (nSPS) is 17.9. The molecule has 1 atom stereocenters. The van der Waals surface area contributed by atoms with Gasteiger partial charge >= 0.3 is 12.2 Å². The Bertz CT molecular complexity index is 1200. The van der Waals surface area contributed by atoms with Gasteiger partial charge in [0.25, 0.3) is 0 Å². The Kier molecular flexibility index (Phi) is 6.89. The fraction of sp³-hybridized carbons (Fsp3) is 0.520. The fourth-order valence-corrected chi connectivity index (χ4v) is 4.86. The third-order valence-electron chi connectivity index (χ3n) is 5.60. The van der Waals surface area contributed by atoms with Gasteiger partial charge in [0.1, 0.15) is 28.8 Å². The summed E-state index contributed by atoms with van der Waals surface area (Å²) >= 11 is 10.1. The molecule has 11 heteroatoms. The third kappa shape index (κ3) is 5.39. The van der Waals surface area contributed by atoms with Gasteiger partial charge in [0.2, 0.25) is 0 Å². The summed E-state index contributed by atoms with van der Waals surface area (Å²) < 4.78 is 18.1. The van der Waals surface area contributed by atoms with Gasteiger partial charge in [-0.15, -0.1) is 0 Å². The topological polar surface area (TPSA) is 94.1 Å². The molecule has 0 saturated carbocycles. The van der Waals surface area contributed by atoms with Gasteiger partial charge in [-0.2, -0.15) is 0 Å². The Hall–Kier alpha value is -2.59. The molecule has 3 heterocycles. The van der Waals surface area contributed by atoms with Crippen molar-refractivity contribution in [1.82, 2.24) is 14.9 Å². The largest absolute Gasteiger partial charge is 0.482 e. The summed E-state index contributed by atoms with van der Waals surface area (Å²) in [5.41, 5.74) is 0.560. The number of rotatable bonds is 1. The molecule has 9 nitrogen and oxygen atoms in total. The maximum Gasteiger partial charge on any atom is 0.420 e. The van der Waals surface area contributed by atoms with Crippen LogP contribution in [-0.2, 0) is 9.47 Å². The van der Waals surface area contributed by atoms with E-state index in [4.69, 9.17) is 25.8 Å². The van der Waals surface area contributed by atoms with Gasteiger partial charge in [0.15, 0.2) is 11.6 Å². The molecule has 0 N–H and O–H groups in total. The summed E-state index contributed by atoms with van der Waals surface area (Å²) in [6.07, 6.45) is -0.195. The molecular formula is C25H30BrClN4O5. The van der Waals surface area contributed by atoms with Crippen molar-refractivity contribution in [2.24, 2.45) is 0 Å². The molecule has 1 saturated heterocycles. The van der Waals surface area contributed by atoms with E-state index in [9.17, 15) is 9.59 Å². The van der Waals surface area contributed by atoms with Crippen molar-refractivity contribution in [3.8, 4) is 5.75 Å². The number of nitrogens with zero attached hydrogens (tertiary/aromatic N) is 4. The van der Waals surface area contributed by atoms with Crippen LogP contribution in [0.5, 0.6) is 5.75 Å². The minimum absolute atomic E-state index is 0.0498.